The van der Waals surface area contributed by atoms with Crippen LogP contribution in [0.5, 0.6) is 0 Å². The molecular formula is C28H39N5. The number of aromatic amines is 1. The van der Waals surface area contributed by atoms with Gasteiger partial charge in [-0.15, -0.1) is 0 Å². The Kier molecular flexibility index (Phi) is 8.05. The van der Waals surface area contributed by atoms with Crippen LogP contribution in [0.2, 0.25) is 0 Å². The van der Waals surface area contributed by atoms with Crippen molar-refractivity contribution in [2.24, 2.45) is 0 Å². The number of anilines is 2. The summed E-state index contributed by atoms with van der Waals surface area (Å²) in [7, 11) is 2.22. The van der Waals surface area contributed by atoms with Gasteiger partial charge in [-0.25, -0.2) is 0 Å². The van der Waals surface area contributed by atoms with Crippen molar-refractivity contribution in [3.05, 3.63) is 53.7 Å². The summed E-state index contributed by atoms with van der Waals surface area (Å²) in [5.41, 5.74) is 6.03. The Morgan fingerprint density at radius 1 is 0.939 bits per heavy atom. The van der Waals surface area contributed by atoms with Crippen LogP contribution in [0.25, 0.3) is 23.1 Å². The third-order valence-corrected chi connectivity index (χ3v) is 6.67. The van der Waals surface area contributed by atoms with E-state index >= 15 is 0 Å². The number of nitrogens with one attached hydrogen (secondary N) is 1. The summed E-state index contributed by atoms with van der Waals surface area (Å²) in [6.07, 6.45) is 9.15. The normalized spacial score (nSPS) is 15.1. The van der Waals surface area contributed by atoms with Gasteiger partial charge in [-0.3, -0.25) is 5.10 Å². The van der Waals surface area contributed by atoms with Crippen LogP contribution in [0, 0.1) is 0 Å². The molecule has 0 radical (unpaired) electrons. The van der Waals surface area contributed by atoms with Crippen LogP contribution in [-0.2, 0) is 0 Å². The average Bonchev–Trinajstić information content (AvgIpc) is 3.25. The molecule has 5 heteroatoms. The summed E-state index contributed by atoms with van der Waals surface area (Å²) < 4.78 is 0. The van der Waals surface area contributed by atoms with Crippen molar-refractivity contribution in [1.29, 1.82) is 0 Å². The minimum Gasteiger partial charge on any atom is -0.370 e. The molecule has 4 rings (SSSR count). The highest BCUT2D eigenvalue weighted by Crippen LogP contribution is 2.36. The van der Waals surface area contributed by atoms with Gasteiger partial charge in [0.15, 0.2) is 0 Å². The van der Waals surface area contributed by atoms with E-state index in [-0.39, 0.29) is 0 Å². The molecule has 5 nitrogen and oxygen atoms in total. The molecule has 2 heterocycles. The summed E-state index contributed by atoms with van der Waals surface area (Å²) in [6, 6.07) is 15.2. The lowest BCUT2D eigenvalue weighted by molar-refractivity contribution is 0.313. The molecule has 0 spiro atoms. The molecule has 3 aromatic rings. The molecule has 33 heavy (non-hydrogen) atoms. The fourth-order valence-electron chi connectivity index (χ4n) is 4.53. The monoisotopic (exact) mass is 445 g/mol. The first kappa shape index (κ1) is 23.4. The Hall–Kier alpha value is -2.79. The van der Waals surface area contributed by atoms with Crippen LogP contribution in [-0.4, -0.2) is 61.4 Å². The Balaban J connectivity index is 1.74. The first-order chi connectivity index (χ1) is 16.2. The second kappa shape index (κ2) is 11.4. The van der Waals surface area contributed by atoms with Gasteiger partial charge in [0.05, 0.1) is 22.6 Å². The highest BCUT2D eigenvalue weighted by molar-refractivity contribution is 5.96. The second-order valence-corrected chi connectivity index (χ2v) is 9.22. The maximum absolute atomic E-state index is 4.68. The van der Waals surface area contributed by atoms with Crippen molar-refractivity contribution in [3.63, 3.8) is 0 Å². The minimum absolute atomic E-state index is 1.01. The number of benzene rings is 2. The third-order valence-electron chi connectivity index (χ3n) is 6.67. The smallest absolute Gasteiger partial charge is 0.0928 e. The number of hydrogen-bond acceptors (Lipinski definition) is 4. The zero-order valence-electron chi connectivity index (χ0n) is 20.6. The molecule has 0 saturated carbocycles. The van der Waals surface area contributed by atoms with Gasteiger partial charge < -0.3 is 14.7 Å². The van der Waals surface area contributed by atoms with E-state index in [1.807, 2.05) is 0 Å². The van der Waals surface area contributed by atoms with Crippen LogP contribution in [0.15, 0.2) is 42.5 Å². The van der Waals surface area contributed by atoms with Crippen molar-refractivity contribution in [2.75, 3.05) is 56.1 Å². The van der Waals surface area contributed by atoms with Crippen LogP contribution < -0.4 is 9.80 Å². The lowest BCUT2D eigenvalue weighted by atomic mass is 10.1. The van der Waals surface area contributed by atoms with E-state index in [0.717, 1.165) is 50.5 Å². The van der Waals surface area contributed by atoms with E-state index in [9.17, 15) is 0 Å². The van der Waals surface area contributed by atoms with E-state index in [4.69, 9.17) is 0 Å². The van der Waals surface area contributed by atoms with Crippen LogP contribution in [0.1, 0.15) is 50.8 Å². The number of hydrogen-bond donors (Lipinski definition) is 1. The first-order valence-corrected chi connectivity index (χ1v) is 12.6. The zero-order chi connectivity index (χ0) is 23.0. The van der Waals surface area contributed by atoms with E-state index < -0.39 is 0 Å². The van der Waals surface area contributed by atoms with Gasteiger partial charge in [-0.2, -0.15) is 5.10 Å². The number of H-pyrrole nitrogens is 1. The maximum Gasteiger partial charge on any atom is 0.0928 e. The topological polar surface area (TPSA) is 38.4 Å². The number of fused-ring (bicyclic) bond motifs is 1. The number of aromatic nitrogens is 2. The van der Waals surface area contributed by atoms with Crippen molar-refractivity contribution in [2.45, 2.75) is 39.5 Å². The lowest BCUT2D eigenvalue weighted by Crippen LogP contribution is -2.45. The van der Waals surface area contributed by atoms with Crippen molar-refractivity contribution in [1.82, 2.24) is 15.1 Å². The van der Waals surface area contributed by atoms with Gasteiger partial charge in [-0.1, -0.05) is 63.1 Å². The molecule has 1 aliphatic rings. The number of nitrogens with zero attached hydrogens (tertiary/aromatic N) is 4. The van der Waals surface area contributed by atoms with Crippen molar-refractivity contribution in [3.8, 4) is 0 Å². The Morgan fingerprint density at radius 3 is 2.30 bits per heavy atom. The number of rotatable bonds is 10. The fourth-order valence-corrected chi connectivity index (χ4v) is 4.53. The fraction of sp³-hybridized carbons (Fsp3) is 0.464. The molecule has 1 N–H and O–H groups in total. The van der Waals surface area contributed by atoms with Gasteiger partial charge in [0, 0.05) is 44.7 Å². The number of unbranched alkanes of at least 4 members (excludes halogenated alkanes) is 2. The maximum atomic E-state index is 4.68. The van der Waals surface area contributed by atoms with E-state index in [0.29, 0.717) is 0 Å². The Morgan fingerprint density at radius 2 is 1.64 bits per heavy atom. The zero-order valence-corrected chi connectivity index (χ0v) is 20.6. The molecule has 0 unspecified atom stereocenters. The molecule has 1 aliphatic heterocycles. The highest BCUT2D eigenvalue weighted by atomic mass is 15.3. The van der Waals surface area contributed by atoms with Gasteiger partial charge >= 0.3 is 0 Å². The molecular weight excluding hydrogens is 406 g/mol. The molecule has 0 aliphatic carbocycles. The van der Waals surface area contributed by atoms with Gasteiger partial charge in [-0.05, 0) is 43.7 Å². The Labute approximate surface area is 199 Å². The average molecular weight is 446 g/mol. The third kappa shape index (κ3) is 5.77. The van der Waals surface area contributed by atoms with Crippen LogP contribution in [0.4, 0.5) is 11.4 Å². The summed E-state index contributed by atoms with van der Waals surface area (Å²) in [4.78, 5) is 7.61. The van der Waals surface area contributed by atoms with E-state index in [1.54, 1.807) is 0 Å². The molecule has 2 aromatic carbocycles. The molecule has 0 bridgehead atoms. The van der Waals surface area contributed by atoms with Crippen molar-refractivity contribution < 1.29 is 0 Å². The predicted molar refractivity (Wildman–Crippen MR) is 143 cm³/mol. The number of piperazine rings is 1. The second-order valence-electron chi connectivity index (χ2n) is 9.22. The molecule has 0 atom stereocenters. The predicted octanol–water partition coefficient (Wildman–Crippen LogP) is 5.89. The SMILES string of the molecule is CCCCN(CCCC)c1cc2c(/C=C/c3ccccc3)n[nH]c2cc1N1CCN(C)CC1. The van der Waals surface area contributed by atoms with Gasteiger partial charge in [0.1, 0.15) is 0 Å². The summed E-state index contributed by atoms with van der Waals surface area (Å²) in [5, 5.41) is 9.19. The first-order valence-electron chi connectivity index (χ1n) is 12.6. The lowest BCUT2D eigenvalue weighted by Gasteiger charge is -2.37. The standard InChI is InChI=1S/C28H39N5/c1-4-6-15-32(16-7-5-2)27-21-24-25(14-13-23-11-9-8-10-12-23)29-30-26(24)22-28(27)33-19-17-31(3)18-20-33/h8-14,21-22H,4-7,15-20H2,1-3H3,(H,29,30)/b14-13+. The van der Waals surface area contributed by atoms with Gasteiger partial charge in [0.2, 0.25) is 0 Å². The quantitative estimate of drug-likeness (QED) is 0.422. The number of likely N-dealkylation sites (N-methyl/N-ethyl adjacent to an activating group) is 1. The summed E-state index contributed by atoms with van der Waals surface area (Å²) >= 11 is 0. The molecule has 1 saturated heterocycles. The van der Waals surface area contributed by atoms with Crippen LogP contribution in [0.3, 0.4) is 0 Å². The van der Waals surface area contributed by atoms with E-state index in [2.05, 4.69) is 100 Å². The van der Waals surface area contributed by atoms with Crippen molar-refractivity contribution >= 4 is 34.4 Å². The van der Waals surface area contributed by atoms with E-state index in [1.165, 1.54) is 48.0 Å². The summed E-state index contributed by atoms with van der Waals surface area (Å²) in [6.45, 7) is 11.1. The van der Waals surface area contributed by atoms with Gasteiger partial charge in [0.25, 0.3) is 0 Å². The Bertz CT molecular complexity index is 1020. The molecule has 0 amide bonds. The summed E-state index contributed by atoms with van der Waals surface area (Å²) in [5.74, 6) is 0. The minimum atomic E-state index is 1.01. The molecule has 1 fully saturated rings. The highest BCUT2D eigenvalue weighted by Gasteiger charge is 2.22. The van der Waals surface area contributed by atoms with Crippen LogP contribution >= 0.6 is 0 Å². The largest absolute Gasteiger partial charge is 0.370 e. The molecule has 176 valence electrons. The molecule has 1 aromatic heterocycles.